The van der Waals surface area contributed by atoms with Crippen molar-refractivity contribution in [3.05, 3.63) is 66.2 Å². The molecule has 0 aliphatic rings. The molecular weight excluding hydrogens is 479 g/mol. The van der Waals surface area contributed by atoms with Crippen LogP contribution in [0, 0.1) is 0 Å². The number of guanidine groups is 1. The zero-order valence-electron chi connectivity index (χ0n) is 17.3. The van der Waals surface area contributed by atoms with Gasteiger partial charge in [0.2, 0.25) is 5.91 Å². The lowest BCUT2D eigenvalue weighted by molar-refractivity contribution is -0.127. The Labute approximate surface area is 190 Å². The number of carbonyl (C=O) groups excluding carboxylic acids is 1. The number of carbonyl (C=O) groups is 1. The SMILES string of the molecule is CC(NC(=NCC(=O)N(C)C)NCCCOc1ccccc1)c1ccccc1.I. The molecule has 0 aliphatic heterocycles. The molecule has 0 heterocycles. The summed E-state index contributed by atoms with van der Waals surface area (Å²) in [5.74, 6) is 1.44. The number of nitrogens with one attached hydrogen (secondary N) is 2. The summed E-state index contributed by atoms with van der Waals surface area (Å²) in [4.78, 5) is 17.8. The largest absolute Gasteiger partial charge is 0.494 e. The second-order valence-corrected chi connectivity index (χ2v) is 6.67. The second-order valence-electron chi connectivity index (χ2n) is 6.67. The molecule has 0 radical (unpaired) electrons. The van der Waals surface area contributed by atoms with Crippen LogP contribution in [0.4, 0.5) is 0 Å². The fraction of sp³-hybridized carbons (Fsp3) is 0.364. The van der Waals surface area contributed by atoms with Crippen LogP contribution in [-0.2, 0) is 4.79 Å². The van der Waals surface area contributed by atoms with Gasteiger partial charge < -0.3 is 20.3 Å². The van der Waals surface area contributed by atoms with Gasteiger partial charge in [-0.2, -0.15) is 0 Å². The van der Waals surface area contributed by atoms with Crippen LogP contribution in [0.25, 0.3) is 0 Å². The average molecular weight is 510 g/mol. The van der Waals surface area contributed by atoms with Gasteiger partial charge in [-0.25, -0.2) is 4.99 Å². The molecule has 6 nitrogen and oxygen atoms in total. The molecule has 29 heavy (non-hydrogen) atoms. The molecule has 0 spiro atoms. The highest BCUT2D eigenvalue weighted by molar-refractivity contribution is 14.0. The fourth-order valence-electron chi connectivity index (χ4n) is 2.46. The molecule has 1 unspecified atom stereocenters. The van der Waals surface area contributed by atoms with E-state index in [4.69, 9.17) is 4.74 Å². The molecule has 0 fully saturated rings. The van der Waals surface area contributed by atoms with Crippen molar-refractivity contribution in [1.82, 2.24) is 15.5 Å². The number of ether oxygens (including phenoxy) is 1. The first kappa shape index (κ1) is 24.7. The summed E-state index contributed by atoms with van der Waals surface area (Å²) in [6.07, 6.45) is 0.816. The first-order valence-electron chi connectivity index (χ1n) is 9.54. The lowest BCUT2D eigenvalue weighted by Gasteiger charge is -2.19. The van der Waals surface area contributed by atoms with Crippen LogP contribution in [0.15, 0.2) is 65.7 Å². The third-order valence-corrected chi connectivity index (χ3v) is 4.15. The minimum atomic E-state index is -0.0409. The van der Waals surface area contributed by atoms with Gasteiger partial charge in [-0.1, -0.05) is 48.5 Å². The van der Waals surface area contributed by atoms with E-state index in [-0.39, 0.29) is 42.5 Å². The van der Waals surface area contributed by atoms with E-state index in [0.717, 1.165) is 17.7 Å². The van der Waals surface area contributed by atoms with Gasteiger partial charge in [-0.15, -0.1) is 24.0 Å². The summed E-state index contributed by atoms with van der Waals surface area (Å²) in [7, 11) is 3.46. The normalized spacial score (nSPS) is 11.8. The Bertz CT molecular complexity index is 739. The van der Waals surface area contributed by atoms with Crippen molar-refractivity contribution in [2.24, 2.45) is 4.99 Å². The summed E-state index contributed by atoms with van der Waals surface area (Å²) >= 11 is 0. The van der Waals surface area contributed by atoms with Crippen molar-refractivity contribution in [3.63, 3.8) is 0 Å². The number of para-hydroxylation sites is 1. The van der Waals surface area contributed by atoms with Crippen molar-refractivity contribution in [2.45, 2.75) is 19.4 Å². The minimum Gasteiger partial charge on any atom is -0.494 e. The van der Waals surface area contributed by atoms with Crippen LogP contribution in [0.3, 0.4) is 0 Å². The van der Waals surface area contributed by atoms with E-state index < -0.39 is 0 Å². The smallest absolute Gasteiger partial charge is 0.243 e. The quantitative estimate of drug-likeness (QED) is 0.235. The van der Waals surface area contributed by atoms with E-state index in [1.54, 1.807) is 14.1 Å². The Balaban J connectivity index is 0.00000420. The van der Waals surface area contributed by atoms with Gasteiger partial charge in [0.1, 0.15) is 12.3 Å². The Morgan fingerprint density at radius 1 is 1.07 bits per heavy atom. The summed E-state index contributed by atoms with van der Waals surface area (Å²) in [5, 5.41) is 6.65. The lowest BCUT2D eigenvalue weighted by Crippen LogP contribution is -2.40. The maximum Gasteiger partial charge on any atom is 0.243 e. The molecule has 0 saturated carbocycles. The van der Waals surface area contributed by atoms with Gasteiger partial charge in [-0.3, -0.25) is 4.79 Å². The summed E-state index contributed by atoms with van der Waals surface area (Å²) < 4.78 is 5.71. The third-order valence-electron chi connectivity index (χ3n) is 4.15. The molecule has 2 N–H and O–H groups in total. The standard InChI is InChI=1S/C22H30N4O2.HI/c1-18(19-11-6-4-7-12-19)25-22(24-17-21(27)26(2)3)23-15-10-16-28-20-13-8-5-9-14-20;/h4-9,11-14,18H,10,15-17H2,1-3H3,(H2,23,24,25);1H. The number of aliphatic imine (C=N–C) groups is 1. The Morgan fingerprint density at radius 2 is 1.69 bits per heavy atom. The van der Waals surface area contributed by atoms with Crippen molar-refractivity contribution >= 4 is 35.8 Å². The zero-order chi connectivity index (χ0) is 20.2. The predicted octanol–water partition coefficient (Wildman–Crippen LogP) is 3.46. The molecule has 7 heteroatoms. The summed E-state index contributed by atoms with van der Waals surface area (Å²) in [5.41, 5.74) is 1.16. The Hall–Kier alpha value is -2.29. The van der Waals surface area contributed by atoms with Gasteiger partial charge in [0, 0.05) is 20.6 Å². The number of benzene rings is 2. The van der Waals surface area contributed by atoms with Gasteiger partial charge in [0.25, 0.3) is 0 Å². The van der Waals surface area contributed by atoms with Gasteiger partial charge >= 0.3 is 0 Å². The van der Waals surface area contributed by atoms with Crippen LogP contribution in [0.1, 0.15) is 24.9 Å². The topological polar surface area (TPSA) is 66.0 Å². The van der Waals surface area contributed by atoms with Gasteiger partial charge in [0.05, 0.1) is 12.6 Å². The van der Waals surface area contributed by atoms with Crippen molar-refractivity contribution in [2.75, 3.05) is 33.8 Å². The minimum absolute atomic E-state index is 0. The number of hydrogen-bond acceptors (Lipinski definition) is 3. The van der Waals surface area contributed by atoms with Crippen molar-refractivity contribution in [1.29, 1.82) is 0 Å². The van der Waals surface area contributed by atoms with E-state index >= 15 is 0 Å². The average Bonchev–Trinajstić information content (AvgIpc) is 2.72. The van der Waals surface area contributed by atoms with Crippen LogP contribution in [-0.4, -0.2) is 50.6 Å². The molecule has 0 aliphatic carbocycles. The van der Waals surface area contributed by atoms with Crippen LogP contribution < -0.4 is 15.4 Å². The third kappa shape index (κ3) is 9.65. The van der Waals surface area contributed by atoms with Gasteiger partial charge in [0.15, 0.2) is 5.96 Å². The molecule has 0 bridgehead atoms. The van der Waals surface area contributed by atoms with E-state index in [9.17, 15) is 4.79 Å². The first-order chi connectivity index (χ1) is 13.6. The predicted molar refractivity (Wildman–Crippen MR) is 129 cm³/mol. The molecular formula is C22H31IN4O2. The monoisotopic (exact) mass is 510 g/mol. The van der Waals surface area contributed by atoms with Crippen LogP contribution in [0.5, 0.6) is 5.75 Å². The maximum atomic E-state index is 11.9. The van der Waals surface area contributed by atoms with Gasteiger partial charge in [-0.05, 0) is 31.0 Å². The second kappa shape index (κ2) is 13.8. The fourth-order valence-corrected chi connectivity index (χ4v) is 2.46. The number of nitrogens with zero attached hydrogens (tertiary/aromatic N) is 2. The van der Waals surface area contributed by atoms with E-state index in [1.165, 1.54) is 4.90 Å². The molecule has 1 amide bonds. The summed E-state index contributed by atoms with van der Waals surface area (Å²) in [6, 6.07) is 20.0. The Morgan fingerprint density at radius 3 is 2.31 bits per heavy atom. The Kier molecular flexibility index (Phi) is 11.8. The van der Waals surface area contributed by atoms with Crippen molar-refractivity contribution < 1.29 is 9.53 Å². The molecule has 1 atom stereocenters. The van der Waals surface area contributed by atoms with Crippen LogP contribution in [0.2, 0.25) is 0 Å². The number of likely N-dealkylation sites (N-methyl/N-ethyl adjacent to an activating group) is 1. The number of amides is 1. The highest BCUT2D eigenvalue weighted by Gasteiger charge is 2.09. The highest BCUT2D eigenvalue weighted by atomic mass is 127. The summed E-state index contributed by atoms with van der Waals surface area (Å²) in [6.45, 7) is 3.47. The molecule has 0 aromatic heterocycles. The lowest BCUT2D eigenvalue weighted by atomic mass is 10.1. The molecule has 2 rings (SSSR count). The number of hydrogen-bond donors (Lipinski definition) is 2. The number of rotatable bonds is 9. The van der Waals surface area contributed by atoms with E-state index in [2.05, 4.69) is 34.7 Å². The van der Waals surface area contributed by atoms with Crippen molar-refractivity contribution in [3.8, 4) is 5.75 Å². The molecule has 2 aromatic carbocycles. The maximum absolute atomic E-state index is 11.9. The molecule has 0 saturated heterocycles. The van der Waals surface area contributed by atoms with E-state index in [1.807, 2.05) is 48.5 Å². The highest BCUT2D eigenvalue weighted by Crippen LogP contribution is 2.11. The van der Waals surface area contributed by atoms with E-state index in [0.29, 0.717) is 19.1 Å². The first-order valence-corrected chi connectivity index (χ1v) is 9.54. The zero-order valence-corrected chi connectivity index (χ0v) is 19.6. The number of halogens is 1. The molecule has 158 valence electrons. The van der Waals surface area contributed by atoms with Crippen LogP contribution >= 0.6 is 24.0 Å². The molecule has 2 aromatic rings.